The lowest BCUT2D eigenvalue weighted by atomic mass is 10.1. The van der Waals surface area contributed by atoms with Gasteiger partial charge in [-0.1, -0.05) is 25.4 Å². The van der Waals surface area contributed by atoms with Crippen LogP contribution in [0.15, 0.2) is 6.33 Å². The number of imidazole rings is 1. The molecule has 3 atom stereocenters. The van der Waals surface area contributed by atoms with Gasteiger partial charge in [0.15, 0.2) is 22.4 Å². The molecule has 0 saturated carbocycles. The van der Waals surface area contributed by atoms with Crippen LogP contribution in [0, 0.1) is 0 Å². The monoisotopic (exact) mass is 495 g/mol. The zero-order valence-electron chi connectivity index (χ0n) is 18.5. The minimum absolute atomic E-state index is 0.0241. The standard InChI is InChI=1S/C18H31ClN5O7P/c1-5-18(27,6-2)32(28,29)31-17(3,4)7-8-30-15(11(26)9-25)24-10-21-12-13(19)22-16(20)23-14(12)24/h10-11,15,25-27H,5-9H2,1-4H3,(H,28,29)(H2,20,22,23)/t11-,15-/m1/s1. The first-order valence-electron chi connectivity index (χ1n) is 10.1. The third-order valence-electron chi connectivity index (χ3n) is 5.21. The van der Waals surface area contributed by atoms with E-state index >= 15 is 0 Å². The predicted octanol–water partition coefficient (Wildman–Crippen LogP) is 1.81. The minimum Gasteiger partial charge on any atom is -0.394 e. The van der Waals surface area contributed by atoms with Gasteiger partial charge in [-0.15, -0.1) is 0 Å². The number of aromatic nitrogens is 4. The molecule has 0 aromatic carbocycles. The van der Waals surface area contributed by atoms with Gasteiger partial charge in [-0.25, -0.2) is 4.98 Å². The summed E-state index contributed by atoms with van der Waals surface area (Å²) < 4.78 is 25.2. The first-order valence-corrected chi connectivity index (χ1v) is 12.1. The molecule has 2 heterocycles. The first-order chi connectivity index (χ1) is 14.8. The molecule has 0 aliphatic heterocycles. The maximum Gasteiger partial charge on any atom is 0.359 e. The second-order valence-electron chi connectivity index (χ2n) is 8.02. The Kier molecular flexibility index (Phi) is 8.63. The maximum atomic E-state index is 12.7. The smallest absolute Gasteiger partial charge is 0.359 e. The van der Waals surface area contributed by atoms with Crippen molar-refractivity contribution >= 4 is 36.3 Å². The van der Waals surface area contributed by atoms with E-state index in [-0.39, 0.29) is 48.1 Å². The summed E-state index contributed by atoms with van der Waals surface area (Å²) in [6.07, 6.45) is -0.914. The second-order valence-corrected chi connectivity index (χ2v) is 10.4. The molecule has 6 N–H and O–H groups in total. The molecular weight excluding hydrogens is 465 g/mol. The Morgan fingerprint density at radius 2 is 1.94 bits per heavy atom. The molecule has 182 valence electrons. The summed E-state index contributed by atoms with van der Waals surface area (Å²) in [6.45, 7) is 5.71. The Labute approximate surface area is 190 Å². The summed E-state index contributed by atoms with van der Waals surface area (Å²) in [5, 5.41) is 28.4. The van der Waals surface area contributed by atoms with Gasteiger partial charge in [-0.05, 0) is 33.1 Å². The van der Waals surface area contributed by atoms with E-state index in [9.17, 15) is 24.8 Å². The summed E-state index contributed by atoms with van der Waals surface area (Å²) >= 11 is 6.03. The molecule has 2 aromatic rings. The van der Waals surface area contributed by atoms with Gasteiger partial charge in [0.05, 0.1) is 25.1 Å². The fourth-order valence-corrected chi connectivity index (χ4v) is 5.04. The van der Waals surface area contributed by atoms with E-state index in [0.717, 1.165) is 0 Å². The molecule has 32 heavy (non-hydrogen) atoms. The van der Waals surface area contributed by atoms with E-state index in [1.165, 1.54) is 10.9 Å². The van der Waals surface area contributed by atoms with Crippen LogP contribution in [-0.2, 0) is 13.8 Å². The highest BCUT2D eigenvalue weighted by Gasteiger charge is 2.47. The van der Waals surface area contributed by atoms with Gasteiger partial charge in [0, 0.05) is 0 Å². The predicted molar refractivity (Wildman–Crippen MR) is 118 cm³/mol. The van der Waals surface area contributed by atoms with Crippen molar-refractivity contribution in [2.24, 2.45) is 0 Å². The average molecular weight is 496 g/mol. The molecule has 0 bridgehead atoms. The van der Waals surface area contributed by atoms with Crippen molar-refractivity contribution in [3.63, 3.8) is 0 Å². The topological polar surface area (TPSA) is 186 Å². The van der Waals surface area contributed by atoms with Gasteiger partial charge in [-0.2, -0.15) is 9.97 Å². The van der Waals surface area contributed by atoms with E-state index < -0.39 is 37.5 Å². The van der Waals surface area contributed by atoms with Crippen molar-refractivity contribution < 1.29 is 34.0 Å². The summed E-state index contributed by atoms with van der Waals surface area (Å²) in [7, 11) is -4.37. The van der Waals surface area contributed by atoms with Crippen LogP contribution in [0.5, 0.6) is 0 Å². The van der Waals surface area contributed by atoms with Crippen LogP contribution in [0.25, 0.3) is 11.2 Å². The Morgan fingerprint density at radius 3 is 2.50 bits per heavy atom. The maximum absolute atomic E-state index is 12.7. The number of fused-ring (bicyclic) bond motifs is 1. The normalized spacial score (nSPS) is 16.8. The Morgan fingerprint density at radius 1 is 1.31 bits per heavy atom. The van der Waals surface area contributed by atoms with E-state index in [1.807, 2.05) is 0 Å². The van der Waals surface area contributed by atoms with Gasteiger partial charge in [0.1, 0.15) is 11.6 Å². The molecule has 0 aliphatic carbocycles. The van der Waals surface area contributed by atoms with Crippen LogP contribution in [0.2, 0.25) is 5.15 Å². The van der Waals surface area contributed by atoms with Crippen molar-refractivity contribution in [2.75, 3.05) is 18.9 Å². The largest absolute Gasteiger partial charge is 0.394 e. The van der Waals surface area contributed by atoms with Crippen LogP contribution < -0.4 is 5.73 Å². The number of hydrogen-bond acceptors (Lipinski definition) is 10. The lowest BCUT2D eigenvalue weighted by molar-refractivity contribution is -0.106. The zero-order valence-corrected chi connectivity index (χ0v) is 20.1. The number of nitrogens with two attached hydrogens (primary N) is 1. The van der Waals surface area contributed by atoms with Gasteiger partial charge in [0.25, 0.3) is 0 Å². The molecular formula is C18H31ClN5O7P. The van der Waals surface area contributed by atoms with Crippen molar-refractivity contribution in [3.8, 4) is 0 Å². The fourth-order valence-electron chi connectivity index (χ4n) is 3.09. The van der Waals surface area contributed by atoms with Crippen molar-refractivity contribution in [3.05, 3.63) is 11.5 Å². The SMILES string of the molecule is CCC(O)(CC)P(=O)(O)OC(C)(C)CCO[C@H]([C@H](O)CO)n1cnc2c(Cl)nc(N)nc21. The highest BCUT2D eigenvalue weighted by atomic mass is 35.5. The second kappa shape index (κ2) is 10.3. The van der Waals surface area contributed by atoms with E-state index in [4.69, 9.17) is 26.6 Å². The number of halogens is 1. The number of rotatable bonds is 12. The third-order valence-corrected chi connectivity index (χ3v) is 7.90. The van der Waals surface area contributed by atoms with Gasteiger partial charge >= 0.3 is 7.60 Å². The number of nitrogens with zero attached hydrogens (tertiary/aromatic N) is 4. The lowest BCUT2D eigenvalue weighted by Gasteiger charge is -2.36. The van der Waals surface area contributed by atoms with Crippen LogP contribution in [0.1, 0.15) is 53.2 Å². The van der Waals surface area contributed by atoms with Gasteiger partial charge in [-0.3, -0.25) is 9.13 Å². The number of aliphatic hydroxyl groups is 3. The average Bonchev–Trinajstić information content (AvgIpc) is 3.12. The Hall–Kier alpha value is -1.37. The molecule has 12 nitrogen and oxygen atoms in total. The molecule has 0 amide bonds. The fraction of sp³-hybridized carbons (Fsp3) is 0.722. The minimum atomic E-state index is -4.37. The summed E-state index contributed by atoms with van der Waals surface area (Å²) in [5.41, 5.74) is 4.94. The van der Waals surface area contributed by atoms with Crippen molar-refractivity contribution in [1.82, 2.24) is 19.5 Å². The third kappa shape index (κ3) is 5.75. The van der Waals surface area contributed by atoms with E-state index in [2.05, 4.69) is 15.0 Å². The highest BCUT2D eigenvalue weighted by molar-refractivity contribution is 7.54. The first kappa shape index (κ1) is 26.9. The Bertz CT molecular complexity index is 969. The van der Waals surface area contributed by atoms with E-state index in [1.54, 1.807) is 27.7 Å². The molecule has 0 aliphatic rings. The summed E-state index contributed by atoms with van der Waals surface area (Å²) in [4.78, 5) is 22.3. The van der Waals surface area contributed by atoms with E-state index in [0.29, 0.717) is 0 Å². The van der Waals surface area contributed by atoms with Crippen LogP contribution in [-0.4, -0.2) is 70.0 Å². The molecule has 1 unspecified atom stereocenters. The number of anilines is 1. The van der Waals surface area contributed by atoms with Gasteiger partial charge < -0.3 is 35.2 Å². The Balaban J connectivity index is 2.18. The van der Waals surface area contributed by atoms with Crippen molar-refractivity contribution in [2.45, 2.75) is 70.2 Å². The van der Waals surface area contributed by atoms with Crippen LogP contribution in [0.3, 0.4) is 0 Å². The quantitative estimate of drug-likeness (QED) is 0.213. The van der Waals surface area contributed by atoms with Crippen LogP contribution in [0.4, 0.5) is 5.95 Å². The molecule has 0 radical (unpaired) electrons. The number of aliphatic hydroxyl groups excluding tert-OH is 2. The molecule has 2 aromatic heterocycles. The molecule has 0 saturated heterocycles. The molecule has 0 fully saturated rings. The molecule has 0 spiro atoms. The molecule has 14 heteroatoms. The zero-order chi connectivity index (χ0) is 24.3. The molecule has 2 rings (SSSR count). The van der Waals surface area contributed by atoms with Crippen LogP contribution >= 0.6 is 19.2 Å². The number of nitrogen functional groups attached to an aromatic ring is 1. The summed E-state index contributed by atoms with van der Waals surface area (Å²) in [6, 6.07) is 0. The van der Waals surface area contributed by atoms with Crippen molar-refractivity contribution in [1.29, 1.82) is 0 Å². The lowest BCUT2D eigenvalue weighted by Crippen LogP contribution is -2.35. The van der Waals surface area contributed by atoms with Gasteiger partial charge in [0.2, 0.25) is 5.95 Å². The highest BCUT2D eigenvalue weighted by Crippen LogP contribution is 2.59. The summed E-state index contributed by atoms with van der Waals surface area (Å²) in [5.74, 6) is -0.103. The number of hydrogen-bond donors (Lipinski definition) is 5. The number of ether oxygens (including phenoxy) is 1.